The Morgan fingerprint density at radius 3 is 2.57 bits per heavy atom. The van der Waals surface area contributed by atoms with Gasteiger partial charge < -0.3 is 30.5 Å². The summed E-state index contributed by atoms with van der Waals surface area (Å²) in [6.45, 7) is 3.90. The van der Waals surface area contributed by atoms with E-state index in [-0.39, 0.29) is 24.8 Å². The smallest absolute Gasteiger partial charge is 0.404 e. The van der Waals surface area contributed by atoms with E-state index in [9.17, 15) is 14.7 Å². The molecular formula is C33H40ClN3O5. The molecule has 9 heteroatoms. The van der Waals surface area contributed by atoms with E-state index in [0.29, 0.717) is 53.6 Å². The lowest BCUT2D eigenvalue weighted by Gasteiger charge is -2.43. The van der Waals surface area contributed by atoms with E-state index >= 15 is 0 Å². The average molecular weight is 594 g/mol. The lowest BCUT2D eigenvalue weighted by molar-refractivity contribution is -0.0578. The van der Waals surface area contributed by atoms with Crippen molar-refractivity contribution in [2.24, 2.45) is 5.92 Å². The summed E-state index contributed by atoms with van der Waals surface area (Å²) in [4.78, 5) is 26.4. The zero-order valence-corrected chi connectivity index (χ0v) is 25.0. The molecule has 4 rings (SSSR count). The summed E-state index contributed by atoms with van der Waals surface area (Å²) in [7, 11) is 1.88. The van der Waals surface area contributed by atoms with E-state index in [1.54, 1.807) is 17.0 Å². The second-order valence-corrected chi connectivity index (χ2v) is 11.2. The van der Waals surface area contributed by atoms with E-state index in [1.165, 1.54) is 0 Å². The Hall–Kier alpha value is -3.59. The Bertz CT molecular complexity index is 1370. The molecule has 0 bridgehead atoms. The number of aryl methyl sites for hydroxylation is 1. The van der Waals surface area contributed by atoms with Crippen molar-refractivity contribution in [3.8, 4) is 11.5 Å². The predicted octanol–water partition coefficient (Wildman–Crippen LogP) is 6.20. The molecule has 224 valence electrons. The van der Waals surface area contributed by atoms with Crippen molar-refractivity contribution < 1.29 is 24.5 Å². The first-order chi connectivity index (χ1) is 20.2. The third-order valence-corrected chi connectivity index (χ3v) is 8.23. The molecule has 1 fully saturated rings. The number of nitrogens with zero attached hydrogens (tertiary/aromatic N) is 1. The minimum Gasteiger partial charge on any atom is -0.465 e. The fourth-order valence-electron chi connectivity index (χ4n) is 5.72. The van der Waals surface area contributed by atoms with Crippen molar-refractivity contribution >= 4 is 23.6 Å². The molecule has 4 N–H and O–H groups in total. The number of hydrogen-bond acceptors (Lipinski definition) is 5. The zero-order valence-electron chi connectivity index (χ0n) is 24.2. The molecule has 0 saturated carbocycles. The third kappa shape index (κ3) is 7.62. The van der Waals surface area contributed by atoms with Crippen LogP contribution in [-0.2, 0) is 18.6 Å². The Morgan fingerprint density at radius 2 is 1.86 bits per heavy atom. The molecule has 1 aliphatic rings. The lowest BCUT2D eigenvalue weighted by Crippen LogP contribution is -2.48. The van der Waals surface area contributed by atoms with Gasteiger partial charge in [0.1, 0.15) is 5.75 Å². The number of nitrogens with one attached hydrogen (secondary N) is 2. The van der Waals surface area contributed by atoms with Crippen molar-refractivity contribution in [1.82, 2.24) is 15.5 Å². The van der Waals surface area contributed by atoms with Crippen LogP contribution in [0.5, 0.6) is 11.5 Å². The molecule has 0 aliphatic carbocycles. The van der Waals surface area contributed by atoms with Gasteiger partial charge in [0, 0.05) is 43.2 Å². The number of aliphatic hydroxyl groups is 1. The van der Waals surface area contributed by atoms with Crippen LogP contribution in [0.25, 0.3) is 0 Å². The summed E-state index contributed by atoms with van der Waals surface area (Å²) in [6.07, 6.45) is 1.78. The van der Waals surface area contributed by atoms with E-state index in [2.05, 4.69) is 17.6 Å². The minimum atomic E-state index is -1.43. The fourth-order valence-corrected chi connectivity index (χ4v) is 5.93. The number of piperidine rings is 1. The first-order valence-electron chi connectivity index (χ1n) is 14.5. The first kappa shape index (κ1) is 31.3. The molecule has 3 aromatic rings. The van der Waals surface area contributed by atoms with Crippen LogP contribution in [0.1, 0.15) is 59.7 Å². The second-order valence-electron chi connectivity index (χ2n) is 10.8. The number of rotatable bonds is 12. The quantitative estimate of drug-likeness (QED) is 0.186. The van der Waals surface area contributed by atoms with Gasteiger partial charge in [-0.3, -0.25) is 4.79 Å². The molecule has 1 heterocycles. The molecule has 1 saturated heterocycles. The number of likely N-dealkylation sites (tertiary alicyclic amines) is 1. The van der Waals surface area contributed by atoms with Gasteiger partial charge in [0.05, 0.1) is 10.6 Å². The number of halogens is 1. The molecule has 2 amide bonds. The van der Waals surface area contributed by atoms with Gasteiger partial charge in [-0.2, -0.15) is 0 Å². The Kier molecular flexibility index (Phi) is 10.8. The maximum atomic E-state index is 13.5. The average Bonchev–Trinajstić information content (AvgIpc) is 3.00. The van der Waals surface area contributed by atoms with Crippen LogP contribution in [0, 0.1) is 5.92 Å². The van der Waals surface area contributed by atoms with Crippen LogP contribution in [0.4, 0.5) is 4.79 Å². The number of ether oxygens (including phenoxy) is 1. The molecule has 42 heavy (non-hydrogen) atoms. The SMILES string of the molecule is CCc1cccc(Oc2c(Cl)cccc2C(O)(CCCNC(=O)O)C2CCCN(C(=O)c3ccc(CNC)cc3)C2)c1. The van der Waals surface area contributed by atoms with Gasteiger partial charge in [0.25, 0.3) is 5.91 Å². The number of amides is 2. The lowest BCUT2D eigenvalue weighted by atomic mass is 9.73. The maximum absolute atomic E-state index is 13.5. The standard InChI is InChI=1S/C33H40ClN3O5/c1-3-23-8-4-10-27(20-23)42-30-28(11-5-12-29(30)34)33(41,17-7-18-36-32(39)40)26-9-6-19-37(22-26)31(38)25-15-13-24(14-16-25)21-35-2/h4-5,8,10-16,20,26,35-36,41H,3,6-7,9,17-19,21-22H2,1-2H3,(H,39,40). The molecular weight excluding hydrogens is 554 g/mol. The highest BCUT2D eigenvalue weighted by Crippen LogP contribution is 2.46. The molecule has 2 unspecified atom stereocenters. The van der Waals surface area contributed by atoms with Crippen molar-refractivity contribution in [3.05, 3.63) is 94.0 Å². The number of carboxylic acid groups (broad SMARTS) is 1. The summed E-state index contributed by atoms with van der Waals surface area (Å²) >= 11 is 6.70. The van der Waals surface area contributed by atoms with Crippen LogP contribution in [0.3, 0.4) is 0 Å². The van der Waals surface area contributed by atoms with Gasteiger partial charge in [-0.25, -0.2) is 4.79 Å². The third-order valence-electron chi connectivity index (χ3n) is 7.94. The maximum Gasteiger partial charge on any atom is 0.404 e. The molecule has 1 aliphatic heterocycles. The van der Waals surface area contributed by atoms with Crippen molar-refractivity contribution in [3.63, 3.8) is 0 Å². The van der Waals surface area contributed by atoms with Gasteiger partial charge in [0.15, 0.2) is 5.75 Å². The number of hydrogen-bond donors (Lipinski definition) is 4. The molecule has 0 spiro atoms. The Labute approximate surface area is 252 Å². The highest BCUT2D eigenvalue weighted by molar-refractivity contribution is 6.32. The molecule has 3 aromatic carbocycles. The first-order valence-corrected chi connectivity index (χ1v) is 14.9. The molecule has 0 aromatic heterocycles. The van der Waals surface area contributed by atoms with E-state index in [0.717, 1.165) is 30.5 Å². The van der Waals surface area contributed by atoms with Crippen molar-refractivity contribution in [2.45, 2.75) is 51.2 Å². The van der Waals surface area contributed by atoms with E-state index in [4.69, 9.17) is 21.4 Å². The number of carbonyl (C=O) groups is 2. The number of para-hydroxylation sites is 1. The largest absolute Gasteiger partial charge is 0.465 e. The minimum absolute atomic E-state index is 0.0791. The monoisotopic (exact) mass is 593 g/mol. The summed E-state index contributed by atoms with van der Waals surface area (Å²) < 4.78 is 6.35. The number of carbonyl (C=O) groups excluding carboxylic acids is 1. The number of benzene rings is 3. The summed E-state index contributed by atoms with van der Waals surface area (Å²) in [5.41, 5.74) is 1.90. The van der Waals surface area contributed by atoms with Crippen LogP contribution in [0.2, 0.25) is 5.02 Å². The van der Waals surface area contributed by atoms with Crippen molar-refractivity contribution in [1.29, 1.82) is 0 Å². The fraction of sp³-hybridized carbons (Fsp3) is 0.394. The zero-order chi connectivity index (χ0) is 30.1. The molecule has 8 nitrogen and oxygen atoms in total. The van der Waals surface area contributed by atoms with Gasteiger partial charge in [-0.1, -0.05) is 54.9 Å². The van der Waals surface area contributed by atoms with Gasteiger partial charge >= 0.3 is 6.09 Å². The summed E-state index contributed by atoms with van der Waals surface area (Å²) in [5.74, 6) is 0.571. The van der Waals surface area contributed by atoms with Gasteiger partial charge in [-0.15, -0.1) is 0 Å². The second kappa shape index (κ2) is 14.5. The topological polar surface area (TPSA) is 111 Å². The highest BCUT2D eigenvalue weighted by atomic mass is 35.5. The van der Waals surface area contributed by atoms with Crippen LogP contribution >= 0.6 is 11.6 Å². The summed E-state index contributed by atoms with van der Waals surface area (Å²) in [5, 5.41) is 27.5. The van der Waals surface area contributed by atoms with Crippen LogP contribution in [0.15, 0.2) is 66.7 Å². The molecule has 0 radical (unpaired) electrons. The predicted molar refractivity (Wildman–Crippen MR) is 164 cm³/mol. The Balaban J connectivity index is 1.65. The summed E-state index contributed by atoms with van der Waals surface area (Å²) in [6, 6.07) is 20.6. The van der Waals surface area contributed by atoms with Crippen molar-refractivity contribution in [2.75, 3.05) is 26.7 Å². The van der Waals surface area contributed by atoms with Gasteiger partial charge in [0.2, 0.25) is 0 Å². The van der Waals surface area contributed by atoms with E-state index in [1.807, 2.05) is 61.6 Å². The normalized spacial score (nSPS) is 16.5. The highest BCUT2D eigenvalue weighted by Gasteiger charge is 2.43. The Morgan fingerprint density at radius 1 is 1.10 bits per heavy atom. The molecule has 2 atom stereocenters. The van der Waals surface area contributed by atoms with E-state index < -0.39 is 11.7 Å². The van der Waals surface area contributed by atoms with Crippen LogP contribution in [-0.4, -0.2) is 53.8 Å². The van der Waals surface area contributed by atoms with Crippen LogP contribution < -0.4 is 15.4 Å². The van der Waals surface area contributed by atoms with Gasteiger partial charge in [-0.05, 0) is 80.6 Å².